The summed E-state index contributed by atoms with van der Waals surface area (Å²) in [6, 6.07) is 6.05. The lowest BCUT2D eigenvalue weighted by Crippen LogP contribution is -2.08. The van der Waals surface area contributed by atoms with E-state index in [1.54, 1.807) is 4.68 Å². The Balaban J connectivity index is 2.59. The Labute approximate surface area is 87.3 Å². The van der Waals surface area contributed by atoms with Crippen molar-refractivity contribution in [2.24, 2.45) is 0 Å². The van der Waals surface area contributed by atoms with Crippen molar-refractivity contribution >= 4 is 25.5 Å². The van der Waals surface area contributed by atoms with Crippen molar-refractivity contribution in [1.29, 1.82) is 0 Å². The molecule has 0 radical (unpaired) electrons. The Morgan fingerprint density at radius 3 is 2.86 bits per heavy atom. The number of H-pyrrole nitrogens is 1. The summed E-state index contributed by atoms with van der Waals surface area (Å²) < 4.78 is 2.11. The number of aromatic amines is 1. The number of benzene rings is 1. The summed E-state index contributed by atoms with van der Waals surface area (Å²) in [5.74, 6) is 0. The Morgan fingerprint density at radius 2 is 2.29 bits per heavy atom. The summed E-state index contributed by atoms with van der Waals surface area (Å²) in [5, 5.41) is 10.1. The molecule has 70 valence electrons. The molecule has 0 fully saturated rings. The molecule has 0 atom stereocenters. The molecule has 1 N–H and O–H groups in total. The maximum Gasteiger partial charge on any atom is 0.218 e. The lowest BCUT2D eigenvalue weighted by molar-refractivity contribution is 0.785. The Bertz CT molecular complexity index is 516. The minimum Gasteiger partial charge on any atom is -0.231 e. The van der Waals surface area contributed by atoms with Gasteiger partial charge in [-0.2, -0.15) is 4.68 Å². The zero-order valence-electron chi connectivity index (χ0n) is 7.98. The van der Waals surface area contributed by atoms with Gasteiger partial charge < -0.3 is 0 Å². The number of aromatic nitrogens is 4. The van der Waals surface area contributed by atoms with Crippen molar-refractivity contribution < 1.29 is 0 Å². The normalized spacial score (nSPS) is 10.4. The van der Waals surface area contributed by atoms with Gasteiger partial charge in [-0.3, -0.25) is 0 Å². The van der Waals surface area contributed by atoms with Gasteiger partial charge >= 0.3 is 0 Å². The molecule has 0 amide bonds. The lowest BCUT2D eigenvalue weighted by atomic mass is 9.91. The molecule has 0 unspecified atom stereocenters. The Morgan fingerprint density at radius 1 is 1.50 bits per heavy atom. The molecule has 1 aromatic carbocycles. The molecule has 0 saturated heterocycles. The van der Waals surface area contributed by atoms with Crippen LogP contribution in [0.3, 0.4) is 0 Å². The highest BCUT2D eigenvalue weighted by Gasteiger charge is 2.01. The Hall–Kier alpha value is -1.43. The number of hydrogen-bond donors (Lipinski definition) is 1. The monoisotopic (exact) mass is 204 g/mol. The number of hydrogen-bond acceptors (Lipinski definition) is 3. The van der Waals surface area contributed by atoms with Crippen LogP contribution in [0.25, 0.3) is 5.69 Å². The minimum atomic E-state index is 0.508. The maximum absolute atomic E-state index is 5.03. The van der Waals surface area contributed by atoms with Gasteiger partial charge in [-0.15, -0.1) is 0 Å². The van der Waals surface area contributed by atoms with Gasteiger partial charge in [0.25, 0.3) is 0 Å². The average molecular weight is 204 g/mol. The van der Waals surface area contributed by atoms with Crippen molar-refractivity contribution in [2.75, 3.05) is 0 Å². The maximum atomic E-state index is 5.03. The fourth-order valence-electron chi connectivity index (χ4n) is 1.22. The van der Waals surface area contributed by atoms with E-state index in [4.69, 9.17) is 12.2 Å². The molecule has 1 heterocycles. The molecule has 0 spiro atoms. The van der Waals surface area contributed by atoms with E-state index in [2.05, 4.69) is 30.3 Å². The van der Waals surface area contributed by atoms with Gasteiger partial charge in [0, 0.05) is 0 Å². The van der Waals surface area contributed by atoms with Crippen LogP contribution in [-0.4, -0.2) is 28.1 Å². The highest BCUT2D eigenvalue weighted by atomic mass is 32.1. The van der Waals surface area contributed by atoms with Crippen LogP contribution >= 0.6 is 12.2 Å². The molecule has 2 aromatic rings. The predicted octanol–water partition coefficient (Wildman–Crippen LogP) is -0.108. The highest BCUT2D eigenvalue weighted by molar-refractivity contribution is 7.71. The first-order chi connectivity index (χ1) is 6.68. The summed E-state index contributed by atoms with van der Waals surface area (Å²) in [6.07, 6.45) is 0. The molecule has 1 aromatic heterocycles. The smallest absolute Gasteiger partial charge is 0.218 e. The van der Waals surface area contributed by atoms with Crippen LogP contribution in [-0.2, 0) is 0 Å². The minimum absolute atomic E-state index is 0.508. The summed E-state index contributed by atoms with van der Waals surface area (Å²) in [7, 11) is 2.07. The van der Waals surface area contributed by atoms with Gasteiger partial charge in [0.05, 0.1) is 5.69 Å². The molecular weight excluding hydrogens is 195 g/mol. The third-order valence-corrected chi connectivity index (χ3v) is 2.47. The van der Waals surface area contributed by atoms with Crippen LogP contribution in [0.5, 0.6) is 0 Å². The molecule has 0 aliphatic heterocycles. The molecule has 6 heteroatoms. The number of nitrogens with zero attached hydrogens (tertiary/aromatic N) is 3. The molecule has 0 saturated carbocycles. The van der Waals surface area contributed by atoms with E-state index in [1.807, 2.05) is 18.2 Å². The van der Waals surface area contributed by atoms with Crippen molar-refractivity contribution in [2.45, 2.75) is 6.92 Å². The number of aryl methyl sites for hydroxylation is 1. The summed E-state index contributed by atoms with van der Waals surface area (Å²) in [4.78, 5) is 0. The number of rotatable bonds is 1. The predicted molar refractivity (Wildman–Crippen MR) is 59.5 cm³/mol. The molecule has 4 nitrogen and oxygen atoms in total. The molecule has 0 bridgehead atoms. The second kappa shape index (κ2) is 3.38. The van der Waals surface area contributed by atoms with Crippen LogP contribution < -0.4 is 5.46 Å². The molecule has 2 rings (SSSR count). The average Bonchev–Trinajstić information content (AvgIpc) is 2.57. The van der Waals surface area contributed by atoms with Gasteiger partial charge in [0.15, 0.2) is 0 Å². The van der Waals surface area contributed by atoms with E-state index < -0.39 is 0 Å². The standard InChI is InChI=1S/C8H9BN4S/c1-5-4-6(2-3-7(5)9)13-8(14)10-11-12-13/h2-4H,9H2,1H3,(H,10,12,14). The van der Waals surface area contributed by atoms with E-state index in [9.17, 15) is 0 Å². The summed E-state index contributed by atoms with van der Waals surface area (Å²) in [6.45, 7) is 2.06. The van der Waals surface area contributed by atoms with Gasteiger partial charge in [-0.25, -0.2) is 5.10 Å². The van der Waals surface area contributed by atoms with Gasteiger partial charge in [-0.05, 0) is 41.7 Å². The van der Waals surface area contributed by atoms with E-state index in [0.29, 0.717) is 4.77 Å². The van der Waals surface area contributed by atoms with Crippen molar-refractivity contribution in [3.8, 4) is 5.69 Å². The first-order valence-corrected chi connectivity index (χ1v) is 4.67. The first-order valence-electron chi connectivity index (χ1n) is 4.26. The van der Waals surface area contributed by atoms with Crippen LogP contribution in [0.1, 0.15) is 5.56 Å². The van der Waals surface area contributed by atoms with E-state index >= 15 is 0 Å². The van der Waals surface area contributed by atoms with Crippen LogP contribution in [0.4, 0.5) is 0 Å². The fraction of sp³-hybridized carbons (Fsp3) is 0.125. The van der Waals surface area contributed by atoms with Crippen LogP contribution in [0, 0.1) is 11.7 Å². The van der Waals surface area contributed by atoms with E-state index in [1.165, 1.54) is 11.0 Å². The second-order valence-electron chi connectivity index (χ2n) is 3.19. The van der Waals surface area contributed by atoms with E-state index in [-0.39, 0.29) is 0 Å². The quantitative estimate of drug-likeness (QED) is 0.520. The van der Waals surface area contributed by atoms with Crippen molar-refractivity contribution in [3.63, 3.8) is 0 Å². The lowest BCUT2D eigenvalue weighted by Gasteiger charge is -2.03. The zero-order valence-corrected chi connectivity index (χ0v) is 8.80. The fourth-order valence-corrected chi connectivity index (χ4v) is 1.41. The van der Waals surface area contributed by atoms with Crippen LogP contribution in [0.2, 0.25) is 0 Å². The zero-order chi connectivity index (χ0) is 10.1. The van der Waals surface area contributed by atoms with E-state index in [0.717, 1.165) is 5.69 Å². The largest absolute Gasteiger partial charge is 0.231 e. The Kier molecular flexibility index (Phi) is 2.21. The van der Waals surface area contributed by atoms with Gasteiger partial charge in [0.2, 0.25) is 4.77 Å². The molecule has 0 aliphatic rings. The number of nitrogens with one attached hydrogen (secondary N) is 1. The third kappa shape index (κ3) is 1.48. The van der Waals surface area contributed by atoms with Gasteiger partial charge in [0.1, 0.15) is 7.85 Å². The topological polar surface area (TPSA) is 46.5 Å². The third-order valence-electron chi connectivity index (χ3n) is 2.21. The van der Waals surface area contributed by atoms with Crippen LogP contribution in [0.15, 0.2) is 18.2 Å². The molecular formula is C8H9BN4S. The van der Waals surface area contributed by atoms with Gasteiger partial charge in [-0.1, -0.05) is 17.1 Å². The van der Waals surface area contributed by atoms with Crippen molar-refractivity contribution in [3.05, 3.63) is 28.5 Å². The summed E-state index contributed by atoms with van der Waals surface area (Å²) in [5.41, 5.74) is 3.41. The highest BCUT2D eigenvalue weighted by Crippen LogP contribution is 2.06. The number of tetrazole rings is 1. The SMILES string of the molecule is Bc1ccc(-n2nn[nH]c2=S)cc1C. The second-order valence-corrected chi connectivity index (χ2v) is 3.57. The van der Waals surface area contributed by atoms with Crippen molar-refractivity contribution in [1.82, 2.24) is 20.2 Å². The summed E-state index contributed by atoms with van der Waals surface area (Å²) >= 11 is 5.03. The molecule has 0 aliphatic carbocycles. The molecule has 14 heavy (non-hydrogen) atoms. The first kappa shape index (κ1) is 9.14.